The molecule has 1 unspecified atom stereocenters. The van der Waals surface area contributed by atoms with E-state index in [2.05, 4.69) is 5.32 Å². The number of nitrogens with one attached hydrogen (secondary N) is 1. The van der Waals surface area contributed by atoms with Crippen molar-refractivity contribution < 1.29 is 18.6 Å². The van der Waals surface area contributed by atoms with Crippen LogP contribution < -0.4 is 5.32 Å². The minimum absolute atomic E-state index is 0.0911. The smallest absolute Gasteiger partial charge is 0.261 e. The predicted octanol–water partition coefficient (Wildman–Crippen LogP) is 1.02. The summed E-state index contributed by atoms with van der Waals surface area (Å²) in [6, 6.07) is 0. The van der Waals surface area contributed by atoms with E-state index in [0.717, 1.165) is 13.0 Å². The Morgan fingerprint density at radius 1 is 1.50 bits per heavy atom. The average molecular weight is 211 g/mol. The molecule has 0 aliphatic rings. The number of halogens is 2. The summed E-state index contributed by atoms with van der Waals surface area (Å²) in [5, 5.41) is 12.1. The van der Waals surface area contributed by atoms with Gasteiger partial charge in [-0.15, -0.1) is 0 Å². The zero-order valence-electron chi connectivity index (χ0n) is 8.72. The second-order valence-electron chi connectivity index (χ2n) is 3.55. The van der Waals surface area contributed by atoms with Crippen molar-refractivity contribution in [2.24, 2.45) is 0 Å². The molecule has 0 rings (SSSR count). The molecule has 2 N–H and O–H groups in total. The van der Waals surface area contributed by atoms with Gasteiger partial charge in [-0.3, -0.25) is 0 Å². The molecule has 0 heterocycles. The Bertz CT molecular complexity index is 147. The van der Waals surface area contributed by atoms with E-state index in [-0.39, 0.29) is 13.2 Å². The van der Waals surface area contributed by atoms with E-state index in [0.29, 0.717) is 0 Å². The van der Waals surface area contributed by atoms with E-state index in [1.165, 1.54) is 0 Å². The van der Waals surface area contributed by atoms with Gasteiger partial charge in [0.2, 0.25) is 0 Å². The molecule has 0 fully saturated rings. The van der Waals surface area contributed by atoms with Gasteiger partial charge in [0.1, 0.15) is 6.61 Å². The van der Waals surface area contributed by atoms with Crippen LogP contribution in [0.15, 0.2) is 0 Å². The fourth-order valence-corrected chi connectivity index (χ4v) is 0.953. The molecule has 0 aliphatic heterocycles. The normalized spacial score (nSPS) is 15.9. The topological polar surface area (TPSA) is 41.5 Å². The lowest BCUT2D eigenvalue weighted by Crippen LogP contribution is -2.50. The van der Waals surface area contributed by atoms with Crippen LogP contribution in [0.4, 0.5) is 8.78 Å². The standard InChI is InChI=1S/C9H19F2NO2/c1-3-4-12-9(2,6-13)7-14-5-8(10)11/h8,12-13H,3-7H2,1-2H3. The van der Waals surface area contributed by atoms with Crippen molar-refractivity contribution in [3.63, 3.8) is 0 Å². The number of aliphatic hydroxyl groups excluding tert-OH is 1. The van der Waals surface area contributed by atoms with Crippen LogP contribution in [-0.4, -0.2) is 43.4 Å². The third-order valence-electron chi connectivity index (χ3n) is 1.82. The van der Waals surface area contributed by atoms with Gasteiger partial charge in [0.25, 0.3) is 6.43 Å². The van der Waals surface area contributed by atoms with Crippen LogP contribution in [0.1, 0.15) is 20.3 Å². The summed E-state index contributed by atoms with van der Waals surface area (Å²) in [7, 11) is 0. The third-order valence-corrected chi connectivity index (χ3v) is 1.82. The summed E-state index contributed by atoms with van der Waals surface area (Å²) >= 11 is 0. The lowest BCUT2D eigenvalue weighted by Gasteiger charge is -2.28. The van der Waals surface area contributed by atoms with Gasteiger partial charge in [-0.1, -0.05) is 6.92 Å². The number of ether oxygens (including phenoxy) is 1. The van der Waals surface area contributed by atoms with Gasteiger partial charge >= 0.3 is 0 Å². The summed E-state index contributed by atoms with van der Waals surface area (Å²) in [5.41, 5.74) is -0.620. The van der Waals surface area contributed by atoms with E-state index in [4.69, 9.17) is 9.84 Å². The number of rotatable bonds is 8. The number of hydrogen-bond acceptors (Lipinski definition) is 3. The van der Waals surface area contributed by atoms with Gasteiger partial charge in [0.15, 0.2) is 0 Å². The van der Waals surface area contributed by atoms with Gasteiger partial charge in [-0.05, 0) is 19.9 Å². The fourth-order valence-electron chi connectivity index (χ4n) is 0.953. The summed E-state index contributed by atoms with van der Waals surface area (Å²) in [6.07, 6.45) is -1.53. The Labute approximate surface area is 83.4 Å². The highest BCUT2D eigenvalue weighted by Crippen LogP contribution is 2.04. The Morgan fingerprint density at radius 3 is 2.57 bits per heavy atom. The van der Waals surface area contributed by atoms with Crippen molar-refractivity contribution in [2.45, 2.75) is 32.2 Å². The summed E-state index contributed by atoms with van der Waals surface area (Å²) in [5.74, 6) is 0. The minimum Gasteiger partial charge on any atom is -0.394 e. The van der Waals surface area contributed by atoms with E-state index < -0.39 is 18.6 Å². The number of hydrogen-bond donors (Lipinski definition) is 2. The molecule has 14 heavy (non-hydrogen) atoms. The zero-order chi connectivity index (χ0) is 11.0. The van der Waals surface area contributed by atoms with Crippen LogP contribution in [0.2, 0.25) is 0 Å². The number of aliphatic hydroxyl groups is 1. The summed E-state index contributed by atoms with van der Waals surface area (Å²) in [4.78, 5) is 0. The molecule has 0 spiro atoms. The quantitative estimate of drug-likeness (QED) is 0.630. The Morgan fingerprint density at radius 2 is 2.14 bits per heavy atom. The lowest BCUT2D eigenvalue weighted by molar-refractivity contribution is -0.0159. The maximum absolute atomic E-state index is 11.8. The first-order valence-electron chi connectivity index (χ1n) is 4.76. The molecule has 3 nitrogen and oxygen atoms in total. The molecule has 0 aromatic heterocycles. The maximum Gasteiger partial charge on any atom is 0.261 e. The average Bonchev–Trinajstić information content (AvgIpc) is 2.14. The molecule has 0 aliphatic carbocycles. The highest BCUT2D eigenvalue weighted by molar-refractivity contribution is 4.81. The summed E-state index contributed by atoms with van der Waals surface area (Å²) in [6.45, 7) is 3.85. The van der Waals surface area contributed by atoms with E-state index >= 15 is 0 Å². The maximum atomic E-state index is 11.8. The van der Waals surface area contributed by atoms with E-state index in [9.17, 15) is 8.78 Å². The zero-order valence-corrected chi connectivity index (χ0v) is 8.72. The second kappa shape index (κ2) is 7.09. The minimum atomic E-state index is -2.45. The molecule has 0 amide bonds. The molecule has 5 heteroatoms. The molecule has 0 bridgehead atoms. The molecule has 0 radical (unpaired) electrons. The van der Waals surface area contributed by atoms with Crippen molar-refractivity contribution in [3.05, 3.63) is 0 Å². The Kier molecular flexibility index (Phi) is 6.96. The van der Waals surface area contributed by atoms with Crippen LogP contribution in [0, 0.1) is 0 Å². The molecule has 0 saturated heterocycles. The van der Waals surface area contributed by atoms with Crippen molar-refractivity contribution in [3.8, 4) is 0 Å². The first-order chi connectivity index (χ1) is 6.54. The largest absolute Gasteiger partial charge is 0.394 e. The first kappa shape index (κ1) is 13.7. The highest BCUT2D eigenvalue weighted by Gasteiger charge is 2.22. The molecule has 0 aromatic rings. The second-order valence-corrected chi connectivity index (χ2v) is 3.55. The first-order valence-corrected chi connectivity index (χ1v) is 4.76. The molecule has 86 valence electrons. The molecular weight excluding hydrogens is 192 g/mol. The van der Waals surface area contributed by atoms with Crippen molar-refractivity contribution in [1.82, 2.24) is 5.32 Å². The molecule has 1 atom stereocenters. The van der Waals surface area contributed by atoms with E-state index in [1.807, 2.05) is 6.92 Å². The van der Waals surface area contributed by atoms with Gasteiger partial charge in [-0.25, -0.2) is 8.78 Å². The third kappa shape index (κ3) is 6.23. The molecular formula is C9H19F2NO2. The van der Waals surface area contributed by atoms with Crippen molar-refractivity contribution in [2.75, 3.05) is 26.4 Å². The van der Waals surface area contributed by atoms with E-state index in [1.54, 1.807) is 6.92 Å². The van der Waals surface area contributed by atoms with Gasteiger partial charge in [-0.2, -0.15) is 0 Å². The van der Waals surface area contributed by atoms with Crippen molar-refractivity contribution in [1.29, 1.82) is 0 Å². The molecule has 0 saturated carbocycles. The van der Waals surface area contributed by atoms with Crippen LogP contribution in [0.5, 0.6) is 0 Å². The summed E-state index contributed by atoms with van der Waals surface area (Å²) < 4.78 is 28.3. The van der Waals surface area contributed by atoms with Gasteiger partial charge < -0.3 is 15.2 Å². The van der Waals surface area contributed by atoms with Gasteiger partial charge in [0, 0.05) is 0 Å². The monoisotopic (exact) mass is 211 g/mol. The van der Waals surface area contributed by atoms with Crippen LogP contribution in [0.3, 0.4) is 0 Å². The predicted molar refractivity (Wildman–Crippen MR) is 50.6 cm³/mol. The Balaban J connectivity index is 3.74. The fraction of sp³-hybridized carbons (Fsp3) is 1.00. The van der Waals surface area contributed by atoms with Crippen LogP contribution >= 0.6 is 0 Å². The highest BCUT2D eigenvalue weighted by atomic mass is 19.3. The van der Waals surface area contributed by atoms with Crippen LogP contribution in [-0.2, 0) is 4.74 Å². The SMILES string of the molecule is CCCNC(C)(CO)COCC(F)F. The number of alkyl halides is 2. The van der Waals surface area contributed by atoms with Gasteiger partial charge in [0.05, 0.1) is 18.8 Å². The van der Waals surface area contributed by atoms with Crippen LogP contribution in [0.25, 0.3) is 0 Å². The molecule has 0 aromatic carbocycles. The van der Waals surface area contributed by atoms with Crippen molar-refractivity contribution >= 4 is 0 Å². The lowest BCUT2D eigenvalue weighted by atomic mass is 10.1. The Hall–Kier alpha value is -0.260.